The van der Waals surface area contributed by atoms with E-state index in [9.17, 15) is 12.8 Å². The summed E-state index contributed by atoms with van der Waals surface area (Å²) in [6.07, 6.45) is 0. The molecule has 0 heterocycles. The second-order valence-corrected chi connectivity index (χ2v) is 6.39. The maximum atomic E-state index is 13.6. The van der Waals surface area contributed by atoms with Crippen molar-refractivity contribution in [3.63, 3.8) is 0 Å². The Hall–Kier alpha value is -1.92. The van der Waals surface area contributed by atoms with E-state index in [4.69, 9.17) is 0 Å². The number of anilines is 1. The Morgan fingerprint density at radius 3 is 2.52 bits per heavy atom. The fourth-order valence-corrected chi connectivity index (χ4v) is 3.12. The van der Waals surface area contributed by atoms with Gasteiger partial charge in [-0.05, 0) is 43.8 Å². The summed E-state index contributed by atoms with van der Waals surface area (Å²) >= 11 is 0. The molecule has 0 aliphatic carbocycles. The van der Waals surface area contributed by atoms with Gasteiger partial charge < -0.3 is 5.32 Å². The summed E-state index contributed by atoms with van der Waals surface area (Å²) in [7, 11) is -2.07. The molecule has 2 aromatic rings. The molecule has 0 fully saturated rings. The highest BCUT2D eigenvalue weighted by Gasteiger charge is 2.17. The van der Waals surface area contributed by atoms with Crippen LogP contribution in [-0.4, -0.2) is 15.5 Å². The summed E-state index contributed by atoms with van der Waals surface area (Å²) in [5.41, 5.74) is 1.64. The highest BCUT2D eigenvalue weighted by Crippen LogP contribution is 2.21. The normalized spacial score (nSPS) is 11.4. The largest absolute Gasteiger partial charge is 0.316 e. The molecule has 0 saturated carbocycles. The van der Waals surface area contributed by atoms with Crippen LogP contribution in [0.1, 0.15) is 11.1 Å². The Balaban J connectivity index is 2.36. The summed E-state index contributed by atoms with van der Waals surface area (Å²) in [5.74, 6) is -0.431. The average molecular weight is 308 g/mol. The van der Waals surface area contributed by atoms with Crippen molar-refractivity contribution in [3.05, 3.63) is 59.4 Å². The van der Waals surface area contributed by atoms with E-state index in [-0.39, 0.29) is 11.4 Å². The molecule has 6 heteroatoms. The van der Waals surface area contributed by atoms with Crippen LogP contribution in [0, 0.1) is 12.7 Å². The minimum absolute atomic E-state index is 0.0393. The van der Waals surface area contributed by atoms with Gasteiger partial charge in [-0.25, -0.2) is 12.8 Å². The van der Waals surface area contributed by atoms with Crippen LogP contribution in [0.15, 0.2) is 47.4 Å². The van der Waals surface area contributed by atoms with Crippen LogP contribution >= 0.6 is 0 Å². The van der Waals surface area contributed by atoms with Crippen molar-refractivity contribution in [2.24, 2.45) is 0 Å². The zero-order valence-corrected chi connectivity index (χ0v) is 12.7. The second-order valence-electron chi connectivity index (χ2n) is 4.70. The molecule has 2 aromatic carbocycles. The van der Waals surface area contributed by atoms with Gasteiger partial charge in [0.25, 0.3) is 10.0 Å². The quantitative estimate of drug-likeness (QED) is 0.893. The van der Waals surface area contributed by atoms with Crippen LogP contribution in [0.25, 0.3) is 0 Å². The van der Waals surface area contributed by atoms with Gasteiger partial charge in [0, 0.05) is 12.1 Å². The van der Waals surface area contributed by atoms with Crippen molar-refractivity contribution >= 4 is 15.7 Å². The zero-order chi connectivity index (χ0) is 15.5. The van der Waals surface area contributed by atoms with Crippen molar-refractivity contribution in [2.75, 3.05) is 11.8 Å². The average Bonchev–Trinajstić information content (AvgIpc) is 2.44. The van der Waals surface area contributed by atoms with Crippen molar-refractivity contribution < 1.29 is 12.8 Å². The van der Waals surface area contributed by atoms with Crippen molar-refractivity contribution in [3.8, 4) is 0 Å². The number of benzene rings is 2. The third-order valence-corrected chi connectivity index (χ3v) is 4.45. The highest BCUT2D eigenvalue weighted by atomic mass is 32.2. The molecule has 2 N–H and O–H groups in total. The molecular weight excluding hydrogens is 291 g/mol. The highest BCUT2D eigenvalue weighted by molar-refractivity contribution is 7.92. The summed E-state index contributed by atoms with van der Waals surface area (Å²) in [5, 5.41) is 2.81. The Kier molecular flexibility index (Phi) is 4.59. The Morgan fingerprint density at radius 1 is 1.14 bits per heavy atom. The molecule has 0 aliphatic rings. The molecule has 0 saturated heterocycles. The molecule has 0 aliphatic heterocycles. The van der Waals surface area contributed by atoms with Gasteiger partial charge in [-0.3, -0.25) is 4.72 Å². The van der Waals surface area contributed by atoms with Crippen LogP contribution < -0.4 is 10.0 Å². The van der Waals surface area contributed by atoms with Crippen LogP contribution in [0.3, 0.4) is 0 Å². The predicted octanol–water partition coefficient (Wildman–Crippen LogP) is 2.65. The summed E-state index contributed by atoms with van der Waals surface area (Å²) in [4.78, 5) is 0.0393. The third-order valence-electron chi connectivity index (χ3n) is 3.08. The Morgan fingerprint density at radius 2 is 1.86 bits per heavy atom. The van der Waals surface area contributed by atoms with Gasteiger partial charge in [0.1, 0.15) is 5.82 Å². The summed E-state index contributed by atoms with van der Waals surface area (Å²) < 4.78 is 40.8. The van der Waals surface area contributed by atoms with Gasteiger partial charge in [-0.1, -0.05) is 18.2 Å². The van der Waals surface area contributed by atoms with Gasteiger partial charge in [-0.2, -0.15) is 0 Å². The maximum absolute atomic E-state index is 13.6. The van der Waals surface area contributed by atoms with Crippen molar-refractivity contribution in [1.29, 1.82) is 0 Å². The first kappa shape index (κ1) is 15.5. The molecule has 2 rings (SSSR count). The molecule has 0 unspecified atom stereocenters. The lowest BCUT2D eigenvalue weighted by Crippen LogP contribution is -2.15. The van der Waals surface area contributed by atoms with Crippen LogP contribution in [0.4, 0.5) is 10.1 Å². The van der Waals surface area contributed by atoms with Crippen LogP contribution in [-0.2, 0) is 16.6 Å². The first-order chi connectivity index (χ1) is 9.94. The Labute approximate surface area is 124 Å². The lowest BCUT2D eigenvalue weighted by Gasteiger charge is -2.11. The number of hydrogen-bond donors (Lipinski definition) is 2. The minimum atomic E-state index is -3.74. The second kappa shape index (κ2) is 6.24. The molecule has 0 spiro atoms. The number of halogens is 1. The molecule has 0 amide bonds. The van der Waals surface area contributed by atoms with E-state index in [2.05, 4.69) is 10.0 Å². The molecule has 21 heavy (non-hydrogen) atoms. The first-order valence-corrected chi connectivity index (χ1v) is 7.94. The Bertz CT molecular complexity index is 745. The SMILES string of the molecule is CNCc1cc(S(=O)(=O)Nc2ccccc2C)ccc1F. The van der Waals surface area contributed by atoms with Crippen LogP contribution in [0.2, 0.25) is 0 Å². The molecule has 0 radical (unpaired) electrons. The summed E-state index contributed by atoms with van der Waals surface area (Å²) in [6, 6.07) is 10.8. The fourth-order valence-electron chi connectivity index (χ4n) is 1.94. The number of nitrogens with one attached hydrogen (secondary N) is 2. The molecule has 0 aromatic heterocycles. The lowest BCUT2D eigenvalue weighted by atomic mass is 10.2. The summed E-state index contributed by atoms with van der Waals surface area (Å²) in [6.45, 7) is 2.08. The number of para-hydroxylation sites is 1. The molecular formula is C15H17FN2O2S. The predicted molar refractivity (Wildman–Crippen MR) is 81.2 cm³/mol. The fraction of sp³-hybridized carbons (Fsp3) is 0.200. The van der Waals surface area contributed by atoms with Gasteiger partial charge in [0.15, 0.2) is 0 Å². The van der Waals surface area contributed by atoms with E-state index in [0.717, 1.165) is 5.56 Å². The van der Waals surface area contributed by atoms with Gasteiger partial charge >= 0.3 is 0 Å². The minimum Gasteiger partial charge on any atom is -0.316 e. The number of hydrogen-bond acceptors (Lipinski definition) is 3. The smallest absolute Gasteiger partial charge is 0.261 e. The monoisotopic (exact) mass is 308 g/mol. The molecule has 0 atom stereocenters. The van der Waals surface area contributed by atoms with Crippen LogP contribution in [0.5, 0.6) is 0 Å². The zero-order valence-electron chi connectivity index (χ0n) is 11.9. The van der Waals surface area contributed by atoms with Crippen molar-refractivity contribution in [2.45, 2.75) is 18.4 Å². The van der Waals surface area contributed by atoms with E-state index in [1.807, 2.05) is 19.1 Å². The van der Waals surface area contributed by atoms with Gasteiger partial charge in [0.05, 0.1) is 10.6 Å². The molecule has 0 bridgehead atoms. The topological polar surface area (TPSA) is 58.2 Å². The van der Waals surface area contributed by atoms with E-state index < -0.39 is 15.8 Å². The number of sulfonamides is 1. The standard InChI is InChI=1S/C15H17FN2O2S/c1-11-5-3-4-6-15(11)18-21(19,20)13-7-8-14(16)12(9-13)10-17-2/h3-9,17-18H,10H2,1-2H3. The molecule has 4 nitrogen and oxygen atoms in total. The lowest BCUT2D eigenvalue weighted by molar-refractivity contribution is 0.591. The van der Waals surface area contributed by atoms with E-state index in [0.29, 0.717) is 11.3 Å². The first-order valence-electron chi connectivity index (χ1n) is 6.45. The van der Waals surface area contributed by atoms with Gasteiger partial charge in [-0.15, -0.1) is 0 Å². The third kappa shape index (κ3) is 3.59. The number of aryl methyl sites for hydroxylation is 1. The van der Waals surface area contributed by atoms with Crippen molar-refractivity contribution in [1.82, 2.24) is 5.32 Å². The van der Waals surface area contributed by atoms with E-state index in [1.54, 1.807) is 19.2 Å². The molecule has 112 valence electrons. The number of rotatable bonds is 5. The maximum Gasteiger partial charge on any atom is 0.261 e. The van der Waals surface area contributed by atoms with E-state index >= 15 is 0 Å². The van der Waals surface area contributed by atoms with Gasteiger partial charge in [0.2, 0.25) is 0 Å². The van der Waals surface area contributed by atoms with E-state index in [1.165, 1.54) is 18.2 Å².